The second-order valence-corrected chi connectivity index (χ2v) is 5.39. The van der Waals surface area contributed by atoms with Crippen LogP contribution in [0.2, 0.25) is 5.02 Å². The Morgan fingerprint density at radius 2 is 2.09 bits per heavy atom. The lowest BCUT2D eigenvalue weighted by Gasteiger charge is -2.11. The summed E-state index contributed by atoms with van der Waals surface area (Å²) in [7, 11) is 4.85. The summed E-state index contributed by atoms with van der Waals surface area (Å²) >= 11 is 6.01. The summed E-state index contributed by atoms with van der Waals surface area (Å²) in [6.45, 7) is 0.662. The van der Waals surface area contributed by atoms with Crippen LogP contribution < -0.4 is 20.3 Å². The largest absolute Gasteiger partial charge is 0.497 e. The van der Waals surface area contributed by atoms with Gasteiger partial charge in [-0.3, -0.25) is 4.79 Å². The average molecular weight is 338 g/mol. The zero-order chi connectivity index (χ0) is 16.8. The SMILES string of the molecule is COc1ccc(OC)c(CCCNc2cnn(C)c(=O)c2Cl)c1. The van der Waals surface area contributed by atoms with E-state index in [0.29, 0.717) is 12.2 Å². The molecule has 2 aromatic rings. The molecule has 0 spiro atoms. The van der Waals surface area contributed by atoms with E-state index in [4.69, 9.17) is 21.1 Å². The van der Waals surface area contributed by atoms with Crippen molar-refractivity contribution in [3.63, 3.8) is 0 Å². The molecule has 0 amide bonds. The standard InChI is InChI=1S/C16H20ClN3O3/c1-20-16(21)15(17)13(10-19-20)18-8-4-5-11-9-12(22-2)6-7-14(11)23-3/h6-7,9-10,18H,4-5,8H2,1-3H3. The fourth-order valence-corrected chi connectivity index (χ4v) is 2.45. The molecule has 124 valence electrons. The number of halogens is 1. The van der Waals surface area contributed by atoms with Crippen molar-refractivity contribution in [3.8, 4) is 11.5 Å². The Bertz CT molecular complexity index is 731. The number of nitrogens with zero attached hydrogens (tertiary/aromatic N) is 2. The molecule has 0 aliphatic heterocycles. The first kappa shape index (κ1) is 17.1. The van der Waals surface area contributed by atoms with E-state index in [-0.39, 0.29) is 10.6 Å². The van der Waals surface area contributed by atoms with Crippen molar-refractivity contribution in [2.75, 3.05) is 26.1 Å². The van der Waals surface area contributed by atoms with Gasteiger partial charge in [-0.15, -0.1) is 0 Å². The van der Waals surface area contributed by atoms with E-state index in [2.05, 4.69) is 10.4 Å². The summed E-state index contributed by atoms with van der Waals surface area (Å²) in [5.41, 5.74) is 1.31. The van der Waals surface area contributed by atoms with Crippen molar-refractivity contribution < 1.29 is 9.47 Å². The van der Waals surface area contributed by atoms with Gasteiger partial charge in [0.05, 0.1) is 26.1 Å². The summed E-state index contributed by atoms with van der Waals surface area (Å²) in [5, 5.41) is 7.24. The van der Waals surface area contributed by atoms with Crippen molar-refractivity contribution in [3.05, 3.63) is 45.3 Å². The highest BCUT2D eigenvalue weighted by Crippen LogP contribution is 2.25. The minimum Gasteiger partial charge on any atom is -0.497 e. The Hall–Kier alpha value is -2.21. The second-order valence-electron chi connectivity index (χ2n) is 5.01. The van der Waals surface area contributed by atoms with Crippen LogP contribution in [0, 0.1) is 0 Å². The molecule has 6 nitrogen and oxygen atoms in total. The number of hydrogen-bond donors (Lipinski definition) is 1. The van der Waals surface area contributed by atoms with Crippen LogP contribution >= 0.6 is 11.6 Å². The molecule has 0 radical (unpaired) electrons. The van der Waals surface area contributed by atoms with Crippen molar-refractivity contribution in [1.82, 2.24) is 9.78 Å². The molecule has 0 bridgehead atoms. The maximum absolute atomic E-state index is 11.7. The van der Waals surface area contributed by atoms with E-state index < -0.39 is 0 Å². The highest BCUT2D eigenvalue weighted by molar-refractivity contribution is 6.32. The number of methoxy groups -OCH3 is 2. The minimum absolute atomic E-state index is 0.154. The highest BCUT2D eigenvalue weighted by atomic mass is 35.5. The fraction of sp³-hybridized carbons (Fsp3) is 0.375. The van der Waals surface area contributed by atoms with Crippen molar-refractivity contribution in [1.29, 1.82) is 0 Å². The molecule has 1 aromatic heterocycles. The predicted octanol–water partition coefficient (Wildman–Crippen LogP) is 2.50. The Kier molecular flexibility index (Phi) is 5.87. The maximum Gasteiger partial charge on any atom is 0.287 e. The van der Waals surface area contributed by atoms with E-state index in [1.54, 1.807) is 27.5 Å². The van der Waals surface area contributed by atoms with Gasteiger partial charge >= 0.3 is 0 Å². The first-order valence-corrected chi connectivity index (χ1v) is 7.61. The smallest absolute Gasteiger partial charge is 0.287 e. The van der Waals surface area contributed by atoms with Gasteiger partial charge in [0.25, 0.3) is 5.56 Å². The van der Waals surface area contributed by atoms with Gasteiger partial charge in [0, 0.05) is 13.6 Å². The van der Waals surface area contributed by atoms with E-state index >= 15 is 0 Å². The quantitative estimate of drug-likeness (QED) is 0.786. The molecule has 0 aliphatic carbocycles. The molecule has 0 saturated carbocycles. The molecule has 23 heavy (non-hydrogen) atoms. The van der Waals surface area contributed by atoms with Crippen LogP contribution in [0.4, 0.5) is 5.69 Å². The number of aromatic nitrogens is 2. The Labute approximate surface area is 140 Å². The molecule has 1 N–H and O–H groups in total. The summed E-state index contributed by atoms with van der Waals surface area (Å²) < 4.78 is 11.8. The predicted molar refractivity (Wildman–Crippen MR) is 90.8 cm³/mol. The fourth-order valence-electron chi connectivity index (χ4n) is 2.21. The second kappa shape index (κ2) is 7.87. The van der Waals surface area contributed by atoms with E-state index in [1.807, 2.05) is 18.2 Å². The lowest BCUT2D eigenvalue weighted by Crippen LogP contribution is -2.21. The molecular weight excluding hydrogens is 318 g/mol. The third-order valence-corrected chi connectivity index (χ3v) is 3.87. The van der Waals surface area contributed by atoms with Gasteiger partial charge in [0.2, 0.25) is 0 Å². The maximum atomic E-state index is 11.7. The lowest BCUT2D eigenvalue weighted by atomic mass is 10.1. The summed E-state index contributed by atoms with van der Waals surface area (Å²) in [6.07, 6.45) is 3.20. The average Bonchev–Trinajstić information content (AvgIpc) is 2.58. The monoisotopic (exact) mass is 337 g/mol. The number of nitrogens with one attached hydrogen (secondary N) is 1. The van der Waals surface area contributed by atoms with Gasteiger partial charge < -0.3 is 14.8 Å². The number of rotatable bonds is 7. The zero-order valence-electron chi connectivity index (χ0n) is 13.4. The molecule has 7 heteroatoms. The summed E-state index contributed by atoms with van der Waals surface area (Å²) in [5.74, 6) is 1.63. The van der Waals surface area contributed by atoms with Crippen LogP contribution in [0.1, 0.15) is 12.0 Å². The number of hydrogen-bond acceptors (Lipinski definition) is 5. The van der Waals surface area contributed by atoms with Crippen molar-refractivity contribution in [2.45, 2.75) is 12.8 Å². The van der Waals surface area contributed by atoms with Crippen molar-refractivity contribution in [2.24, 2.45) is 7.05 Å². The van der Waals surface area contributed by atoms with Crippen LogP contribution in [0.3, 0.4) is 0 Å². The third kappa shape index (κ3) is 4.16. The number of anilines is 1. The molecule has 1 heterocycles. The Balaban J connectivity index is 1.96. The molecule has 0 aliphatic rings. The number of benzene rings is 1. The first-order chi connectivity index (χ1) is 11.1. The summed E-state index contributed by atoms with van der Waals surface area (Å²) in [6, 6.07) is 5.72. The van der Waals surface area contributed by atoms with Gasteiger partial charge in [0.1, 0.15) is 16.5 Å². The van der Waals surface area contributed by atoms with Crippen LogP contribution in [0.25, 0.3) is 0 Å². The van der Waals surface area contributed by atoms with E-state index in [1.165, 1.54) is 4.68 Å². The van der Waals surface area contributed by atoms with Crippen LogP contribution in [-0.2, 0) is 13.5 Å². The Morgan fingerprint density at radius 3 is 2.78 bits per heavy atom. The van der Waals surface area contributed by atoms with Gasteiger partial charge in [-0.2, -0.15) is 5.10 Å². The van der Waals surface area contributed by atoms with Gasteiger partial charge in [0.15, 0.2) is 0 Å². The number of aryl methyl sites for hydroxylation is 2. The van der Waals surface area contributed by atoms with Gasteiger partial charge in [-0.25, -0.2) is 4.68 Å². The molecule has 1 aromatic carbocycles. The highest BCUT2D eigenvalue weighted by Gasteiger charge is 2.08. The minimum atomic E-state index is -0.314. The van der Waals surface area contributed by atoms with Gasteiger partial charge in [-0.1, -0.05) is 11.6 Å². The first-order valence-electron chi connectivity index (χ1n) is 7.23. The zero-order valence-corrected chi connectivity index (χ0v) is 14.2. The van der Waals surface area contributed by atoms with Crippen LogP contribution in [0.5, 0.6) is 11.5 Å². The molecule has 0 unspecified atom stereocenters. The van der Waals surface area contributed by atoms with Crippen molar-refractivity contribution >= 4 is 17.3 Å². The Morgan fingerprint density at radius 1 is 1.30 bits per heavy atom. The molecular formula is C16H20ClN3O3. The normalized spacial score (nSPS) is 10.4. The lowest BCUT2D eigenvalue weighted by molar-refractivity contribution is 0.398. The molecule has 2 rings (SSSR count). The third-order valence-electron chi connectivity index (χ3n) is 3.50. The van der Waals surface area contributed by atoms with E-state index in [0.717, 1.165) is 29.9 Å². The van der Waals surface area contributed by atoms with Crippen LogP contribution in [0.15, 0.2) is 29.2 Å². The van der Waals surface area contributed by atoms with Crippen LogP contribution in [-0.4, -0.2) is 30.5 Å². The molecule has 0 fully saturated rings. The molecule has 0 saturated heterocycles. The molecule has 0 atom stereocenters. The van der Waals surface area contributed by atoms with Gasteiger partial charge in [-0.05, 0) is 36.6 Å². The topological polar surface area (TPSA) is 65.4 Å². The number of ether oxygens (including phenoxy) is 2. The van der Waals surface area contributed by atoms with E-state index in [9.17, 15) is 4.79 Å². The summed E-state index contributed by atoms with van der Waals surface area (Å²) in [4.78, 5) is 11.7.